The number of hydrogen-bond acceptors (Lipinski definition) is 5. The van der Waals surface area contributed by atoms with Crippen molar-refractivity contribution in [1.82, 2.24) is 19.5 Å². The number of fused-ring (bicyclic) bond motifs is 1. The van der Waals surface area contributed by atoms with Crippen LogP contribution in [0.2, 0.25) is 0 Å². The number of H-pyrrole nitrogens is 1. The quantitative estimate of drug-likeness (QED) is 0.550. The number of hydrogen-bond donors (Lipinski definition) is 2. The molecule has 0 aliphatic heterocycles. The van der Waals surface area contributed by atoms with Crippen LogP contribution in [0.3, 0.4) is 0 Å². The first-order chi connectivity index (χ1) is 10.1. The van der Waals surface area contributed by atoms with E-state index in [2.05, 4.69) is 20.3 Å². The van der Waals surface area contributed by atoms with Gasteiger partial charge in [0, 0.05) is 44.5 Å². The number of nitro groups is 1. The smallest absolute Gasteiger partial charge is 0.271 e. The first kappa shape index (κ1) is 13.1. The van der Waals surface area contributed by atoms with E-state index in [1.165, 1.54) is 12.1 Å². The van der Waals surface area contributed by atoms with E-state index in [0.717, 1.165) is 12.2 Å². The number of nitro benzene ring substituents is 1. The van der Waals surface area contributed by atoms with Gasteiger partial charge in [0.25, 0.3) is 5.69 Å². The highest BCUT2D eigenvalue weighted by molar-refractivity contribution is 5.79. The molecule has 2 N–H and O–H groups in total. The Morgan fingerprint density at radius 1 is 1.48 bits per heavy atom. The lowest BCUT2D eigenvalue weighted by molar-refractivity contribution is -0.384. The number of rotatable bonds is 5. The minimum absolute atomic E-state index is 0.0470. The maximum atomic E-state index is 10.7. The monoisotopic (exact) mass is 286 g/mol. The van der Waals surface area contributed by atoms with Crippen LogP contribution in [-0.4, -0.2) is 31.0 Å². The first-order valence-electron chi connectivity index (χ1n) is 6.48. The molecule has 0 spiro atoms. The van der Waals surface area contributed by atoms with Crippen LogP contribution in [0.25, 0.3) is 11.0 Å². The summed E-state index contributed by atoms with van der Waals surface area (Å²) in [6, 6.07) is 4.56. The second-order valence-electron chi connectivity index (χ2n) is 4.68. The Kier molecular flexibility index (Phi) is 3.27. The molecule has 0 fully saturated rings. The van der Waals surface area contributed by atoms with Crippen LogP contribution >= 0.6 is 0 Å². The Bertz CT molecular complexity index is 791. The van der Waals surface area contributed by atoms with Crippen LogP contribution in [0.1, 0.15) is 5.82 Å². The Balaban J connectivity index is 1.70. The minimum atomic E-state index is -0.422. The van der Waals surface area contributed by atoms with Gasteiger partial charge < -0.3 is 14.9 Å². The second kappa shape index (κ2) is 5.23. The highest BCUT2D eigenvalue weighted by Crippen LogP contribution is 2.20. The topological polar surface area (TPSA) is 102 Å². The number of aromatic amines is 1. The number of aromatic nitrogens is 4. The van der Waals surface area contributed by atoms with Gasteiger partial charge in [-0.3, -0.25) is 10.1 Å². The third-order valence-electron chi connectivity index (χ3n) is 3.24. The fourth-order valence-electron chi connectivity index (χ4n) is 2.12. The summed E-state index contributed by atoms with van der Waals surface area (Å²) in [5.41, 5.74) is 1.38. The van der Waals surface area contributed by atoms with Crippen molar-refractivity contribution in [2.75, 3.05) is 11.9 Å². The molecular formula is C13H14N6O2. The Morgan fingerprint density at radius 2 is 2.33 bits per heavy atom. The van der Waals surface area contributed by atoms with Gasteiger partial charge >= 0.3 is 0 Å². The molecule has 0 aliphatic rings. The van der Waals surface area contributed by atoms with E-state index in [1.807, 2.05) is 17.8 Å². The maximum Gasteiger partial charge on any atom is 0.271 e. The second-order valence-corrected chi connectivity index (χ2v) is 4.68. The molecule has 21 heavy (non-hydrogen) atoms. The van der Waals surface area contributed by atoms with Crippen LogP contribution in [0.5, 0.6) is 0 Å². The average Bonchev–Trinajstić information content (AvgIpc) is 3.04. The van der Waals surface area contributed by atoms with Crippen LogP contribution in [-0.2, 0) is 13.5 Å². The molecule has 0 aliphatic carbocycles. The lowest BCUT2D eigenvalue weighted by Crippen LogP contribution is -2.09. The summed E-state index contributed by atoms with van der Waals surface area (Å²) in [6.45, 7) is 0.673. The molecule has 1 aromatic carbocycles. The van der Waals surface area contributed by atoms with Gasteiger partial charge in [0.05, 0.1) is 16.0 Å². The number of nitrogens with zero attached hydrogens (tertiary/aromatic N) is 4. The zero-order valence-electron chi connectivity index (χ0n) is 11.4. The van der Waals surface area contributed by atoms with E-state index in [-0.39, 0.29) is 5.69 Å². The normalized spacial score (nSPS) is 10.9. The lowest BCUT2D eigenvalue weighted by atomic mass is 10.3. The molecule has 3 rings (SSSR count). The van der Waals surface area contributed by atoms with Crippen LogP contribution in [0.4, 0.5) is 11.6 Å². The molecule has 8 nitrogen and oxygen atoms in total. The van der Waals surface area contributed by atoms with Crippen molar-refractivity contribution in [3.05, 3.63) is 46.5 Å². The average molecular weight is 286 g/mol. The minimum Gasteiger partial charge on any atom is -0.355 e. The summed E-state index contributed by atoms with van der Waals surface area (Å²) in [5, 5.41) is 13.9. The molecule has 108 valence electrons. The highest BCUT2D eigenvalue weighted by atomic mass is 16.6. The van der Waals surface area contributed by atoms with Gasteiger partial charge in [-0.15, -0.1) is 0 Å². The molecule has 0 unspecified atom stereocenters. The number of benzene rings is 1. The molecule has 0 radical (unpaired) electrons. The third-order valence-corrected chi connectivity index (χ3v) is 3.24. The predicted octanol–water partition coefficient (Wildman–Crippen LogP) is 1.86. The third kappa shape index (κ3) is 2.69. The van der Waals surface area contributed by atoms with E-state index in [0.29, 0.717) is 23.5 Å². The highest BCUT2D eigenvalue weighted by Gasteiger charge is 2.09. The van der Waals surface area contributed by atoms with E-state index < -0.39 is 4.92 Å². The zero-order valence-corrected chi connectivity index (χ0v) is 11.4. The fourth-order valence-corrected chi connectivity index (χ4v) is 2.12. The van der Waals surface area contributed by atoms with E-state index in [1.54, 1.807) is 12.3 Å². The Morgan fingerprint density at radius 3 is 3.05 bits per heavy atom. The molecule has 3 aromatic rings. The van der Waals surface area contributed by atoms with Gasteiger partial charge in [-0.2, -0.15) is 0 Å². The molecule has 0 atom stereocenters. The molecule has 0 amide bonds. The van der Waals surface area contributed by atoms with Crippen molar-refractivity contribution in [2.24, 2.45) is 7.05 Å². The SMILES string of the molecule is Cn1ccnc1CCNc1nc2ccc([N+](=O)[O-])cc2[nH]1. The molecule has 2 aromatic heterocycles. The van der Waals surface area contributed by atoms with Gasteiger partial charge in [0.15, 0.2) is 0 Å². The summed E-state index contributed by atoms with van der Waals surface area (Å²) in [4.78, 5) is 21.9. The van der Waals surface area contributed by atoms with Crippen molar-refractivity contribution in [3.8, 4) is 0 Å². The number of anilines is 1. The number of imidazole rings is 2. The molecule has 0 saturated heterocycles. The Labute approximate surface area is 120 Å². The van der Waals surface area contributed by atoms with Gasteiger partial charge in [-0.25, -0.2) is 9.97 Å². The van der Waals surface area contributed by atoms with E-state index in [9.17, 15) is 10.1 Å². The Hall–Kier alpha value is -2.90. The summed E-state index contributed by atoms with van der Waals surface area (Å²) in [7, 11) is 1.95. The number of aryl methyl sites for hydroxylation is 1. The largest absolute Gasteiger partial charge is 0.355 e. The summed E-state index contributed by atoms with van der Waals surface area (Å²) >= 11 is 0. The van der Waals surface area contributed by atoms with Gasteiger partial charge in [0.1, 0.15) is 5.82 Å². The van der Waals surface area contributed by atoms with Crippen molar-refractivity contribution >= 4 is 22.7 Å². The van der Waals surface area contributed by atoms with Crippen molar-refractivity contribution in [1.29, 1.82) is 0 Å². The first-order valence-corrected chi connectivity index (χ1v) is 6.48. The zero-order chi connectivity index (χ0) is 14.8. The molecule has 2 heterocycles. The maximum absolute atomic E-state index is 10.7. The van der Waals surface area contributed by atoms with E-state index >= 15 is 0 Å². The van der Waals surface area contributed by atoms with Crippen molar-refractivity contribution in [3.63, 3.8) is 0 Å². The summed E-state index contributed by atoms with van der Waals surface area (Å²) in [5.74, 6) is 1.58. The van der Waals surface area contributed by atoms with Crippen LogP contribution in [0, 0.1) is 10.1 Å². The van der Waals surface area contributed by atoms with Crippen molar-refractivity contribution < 1.29 is 4.92 Å². The van der Waals surface area contributed by atoms with E-state index in [4.69, 9.17) is 0 Å². The summed E-state index contributed by atoms with van der Waals surface area (Å²) < 4.78 is 1.96. The van der Waals surface area contributed by atoms with Gasteiger partial charge in [-0.05, 0) is 6.07 Å². The lowest BCUT2D eigenvalue weighted by Gasteiger charge is -2.02. The van der Waals surface area contributed by atoms with Crippen LogP contribution < -0.4 is 5.32 Å². The molecule has 0 saturated carbocycles. The molecular weight excluding hydrogens is 272 g/mol. The fraction of sp³-hybridized carbons (Fsp3) is 0.231. The molecule has 0 bridgehead atoms. The summed E-state index contributed by atoms with van der Waals surface area (Å²) in [6.07, 6.45) is 4.42. The van der Waals surface area contributed by atoms with Gasteiger partial charge in [0.2, 0.25) is 5.95 Å². The predicted molar refractivity (Wildman–Crippen MR) is 78.1 cm³/mol. The number of nitrogens with one attached hydrogen (secondary N) is 2. The standard InChI is InChI=1S/C13H14N6O2/c1-18-7-6-14-12(18)4-5-15-13-16-10-3-2-9(19(20)21)8-11(10)17-13/h2-3,6-8H,4-5H2,1H3,(H2,15,16,17). The molecule has 8 heteroatoms. The van der Waals surface area contributed by atoms with Crippen LogP contribution in [0.15, 0.2) is 30.6 Å². The van der Waals surface area contributed by atoms with Gasteiger partial charge in [-0.1, -0.05) is 0 Å². The van der Waals surface area contributed by atoms with Crippen molar-refractivity contribution in [2.45, 2.75) is 6.42 Å². The number of non-ortho nitro benzene ring substituents is 1.